The van der Waals surface area contributed by atoms with Crippen LogP contribution in [0, 0.1) is 11.8 Å². The summed E-state index contributed by atoms with van der Waals surface area (Å²) in [6.45, 7) is 5.20. The second-order valence-electron chi connectivity index (χ2n) is 4.97. The van der Waals surface area contributed by atoms with E-state index < -0.39 is 0 Å². The lowest BCUT2D eigenvalue weighted by molar-refractivity contribution is -0.133. The van der Waals surface area contributed by atoms with Crippen LogP contribution in [0.25, 0.3) is 10.4 Å². The first-order chi connectivity index (χ1) is 8.04. The molecule has 1 amide bonds. The Morgan fingerprint density at radius 1 is 1.65 bits per heavy atom. The number of carbonyl (C=O) groups excluding carboxylic acids is 1. The van der Waals surface area contributed by atoms with E-state index in [1.165, 1.54) is 0 Å². The highest BCUT2D eigenvalue weighted by atomic mass is 16.3. The van der Waals surface area contributed by atoms with Crippen LogP contribution in [0.1, 0.15) is 26.7 Å². The molecule has 0 aromatic heterocycles. The fourth-order valence-electron chi connectivity index (χ4n) is 2.28. The number of azide groups is 1. The Balaban J connectivity index is 2.53. The van der Waals surface area contributed by atoms with Gasteiger partial charge in [-0.1, -0.05) is 19.0 Å². The molecule has 0 radical (unpaired) electrons. The van der Waals surface area contributed by atoms with Crippen molar-refractivity contribution < 1.29 is 9.90 Å². The molecule has 1 heterocycles. The van der Waals surface area contributed by atoms with Crippen molar-refractivity contribution in [1.29, 1.82) is 0 Å². The highest BCUT2D eigenvalue weighted by molar-refractivity contribution is 5.78. The molecule has 1 fully saturated rings. The van der Waals surface area contributed by atoms with Gasteiger partial charge in [0, 0.05) is 23.9 Å². The number of nitrogens with zero attached hydrogens (tertiary/aromatic N) is 4. The third-order valence-electron chi connectivity index (χ3n) is 3.09. The minimum absolute atomic E-state index is 0.124. The predicted octanol–water partition coefficient (Wildman–Crippen LogP) is 1.55. The van der Waals surface area contributed by atoms with Gasteiger partial charge in [0.05, 0.1) is 6.10 Å². The Kier molecular flexibility index (Phi) is 5.25. The van der Waals surface area contributed by atoms with Crippen LogP contribution < -0.4 is 0 Å². The molecule has 1 rings (SSSR count). The zero-order valence-corrected chi connectivity index (χ0v) is 10.4. The molecule has 0 aromatic carbocycles. The van der Waals surface area contributed by atoms with Gasteiger partial charge in [0.15, 0.2) is 0 Å². The van der Waals surface area contributed by atoms with Crippen LogP contribution >= 0.6 is 0 Å². The second kappa shape index (κ2) is 6.47. The molecular formula is C11H20N4O2. The molecule has 0 spiro atoms. The maximum atomic E-state index is 11.7. The lowest BCUT2D eigenvalue weighted by atomic mass is 9.87. The molecule has 0 aromatic rings. The van der Waals surface area contributed by atoms with Crippen LogP contribution in [0.3, 0.4) is 0 Å². The van der Waals surface area contributed by atoms with Crippen LogP contribution in [0.5, 0.6) is 0 Å². The fourth-order valence-corrected chi connectivity index (χ4v) is 2.28. The largest absolute Gasteiger partial charge is 0.393 e. The van der Waals surface area contributed by atoms with Crippen molar-refractivity contribution in [3.05, 3.63) is 10.4 Å². The Morgan fingerprint density at radius 2 is 2.35 bits per heavy atom. The van der Waals surface area contributed by atoms with Gasteiger partial charge < -0.3 is 10.0 Å². The van der Waals surface area contributed by atoms with Crippen molar-refractivity contribution in [2.45, 2.75) is 32.8 Å². The Bertz CT molecular complexity index is 313. The molecule has 2 unspecified atom stereocenters. The molecule has 6 heteroatoms. The summed E-state index contributed by atoms with van der Waals surface area (Å²) >= 11 is 0. The molecular weight excluding hydrogens is 220 g/mol. The molecule has 1 saturated heterocycles. The molecule has 17 heavy (non-hydrogen) atoms. The summed E-state index contributed by atoms with van der Waals surface area (Å²) in [6, 6.07) is 0. The summed E-state index contributed by atoms with van der Waals surface area (Å²) in [5.41, 5.74) is 8.17. The van der Waals surface area contributed by atoms with E-state index in [1.54, 1.807) is 4.90 Å². The fraction of sp³-hybridized carbons (Fsp3) is 0.909. The van der Waals surface area contributed by atoms with Gasteiger partial charge in [0.2, 0.25) is 5.91 Å². The number of aliphatic hydroxyl groups is 1. The maximum Gasteiger partial charge on any atom is 0.228 e. The third kappa shape index (κ3) is 4.24. The predicted molar refractivity (Wildman–Crippen MR) is 64.2 cm³/mol. The van der Waals surface area contributed by atoms with Crippen LogP contribution in [0.4, 0.5) is 0 Å². The smallest absolute Gasteiger partial charge is 0.228 e. The van der Waals surface area contributed by atoms with Gasteiger partial charge in [-0.15, -0.1) is 0 Å². The molecule has 0 bridgehead atoms. The average Bonchev–Trinajstić information content (AvgIpc) is 2.28. The van der Waals surface area contributed by atoms with E-state index in [9.17, 15) is 9.90 Å². The SMILES string of the molecule is CC(C)CC1CN(C(=O)CN=[N+]=[N-])CCC1O. The summed E-state index contributed by atoms with van der Waals surface area (Å²) in [4.78, 5) is 15.9. The van der Waals surface area contributed by atoms with Crippen molar-refractivity contribution in [2.75, 3.05) is 19.6 Å². The van der Waals surface area contributed by atoms with E-state index in [4.69, 9.17) is 5.53 Å². The molecule has 1 aliphatic rings. The van der Waals surface area contributed by atoms with Crippen LogP contribution in [0.15, 0.2) is 5.11 Å². The zero-order chi connectivity index (χ0) is 12.8. The van der Waals surface area contributed by atoms with Crippen LogP contribution in [0.2, 0.25) is 0 Å². The topological polar surface area (TPSA) is 89.3 Å². The molecule has 96 valence electrons. The maximum absolute atomic E-state index is 11.7. The number of aliphatic hydroxyl groups excluding tert-OH is 1. The zero-order valence-electron chi connectivity index (χ0n) is 10.4. The quantitative estimate of drug-likeness (QED) is 0.459. The minimum atomic E-state index is -0.319. The molecule has 0 aliphatic carbocycles. The third-order valence-corrected chi connectivity index (χ3v) is 3.09. The van der Waals surface area contributed by atoms with E-state index in [1.807, 2.05) is 0 Å². The first-order valence-electron chi connectivity index (χ1n) is 6.01. The molecule has 0 saturated carbocycles. The van der Waals surface area contributed by atoms with E-state index in [-0.39, 0.29) is 24.5 Å². The summed E-state index contributed by atoms with van der Waals surface area (Å²) in [7, 11) is 0. The highest BCUT2D eigenvalue weighted by Gasteiger charge is 2.30. The van der Waals surface area contributed by atoms with Crippen molar-refractivity contribution in [3.8, 4) is 0 Å². The summed E-state index contributed by atoms with van der Waals surface area (Å²) in [5, 5.41) is 13.2. The van der Waals surface area contributed by atoms with Gasteiger partial charge >= 0.3 is 0 Å². The van der Waals surface area contributed by atoms with E-state index in [2.05, 4.69) is 23.9 Å². The van der Waals surface area contributed by atoms with Crippen LogP contribution in [-0.2, 0) is 4.79 Å². The van der Waals surface area contributed by atoms with E-state index in [0.29, 0.717) is 25.4 Å². The first kappa shape index (κ1) is 13.8. The van der Waals surface area contributed by atoms with Crippen molar-refractivity contribution in [1.82, 2.24) is 4.90 Å². The Hall–Kier alpha value is -1.26. The van der Waals surface area contributed by atoms with Gasteiger partial charge in [-0.25, -0.2) is 0 Å². The lowest BCUT2D eigenvalue weighted by Crippen LogP contribution is -2.47. The van der Waals surface area contributed by atoms with Gasteiger partial charge in [0.1, 0.15) is 6.54 Å². The van der Waals surface area contributed by atoms with Gasteiger partial charge in [-0.05, 0) is 24.3 Å². The van der Waals surface area contributed by atoms with Crippen molar-refractivity contribution >= 4 is 5.91 Å². The van der Waals surface area contributed by atoms with Gasteiger partial charge in [0.25, 0.3) is 0 Å². The number of rotatable bonds is 4. The Labute approximate surface area is 101 Å². The standard InChI is InChI=1S/C11H20N4O2/c1-8(2)5-9-7-15(4-3-10(9)16)11(17)6-13-14-12/h8-10,16H,3-7H2,1-2H3. The lowest BCUT2D eigenvalue weighted by Gasteiger charge is -2.36. The van der Waals surface area contributed by atoms with E-state index >= 15 is 0 Å². The minimum Gasteiger partial charge on any atom is -0.393 e. The summed E-state index contributed by atoms with van der Waals surface area (Å²) in [5.74, 6) is 0.490. The number of piperidine rings is 1. The average molecular weight is 240 g/mol. The molecule has 2 atom stereocenters. The second-order valence-corrected chi connectivity index (χ2v) is 4.97. The number of likely N-dealkylation sites (tertiary alicyclic amines) is 1. The molecule has 6 nitrogen and oxygen atoms in total. The monoisotopic (exact) mass is 240 g/mol. The normalized spacial score (nSPS) is 24.6. The molecule has 1 aliphatic heterocycles. The van der Waals surface area contributed by atoms with Crippen molar-refractivity contribution in [2.24, 2.45) is 17.0 Å². The van der Waals surface area contributed by atoms with Gasteiger partial charge in [-0.2, -0.15) is 0 Å². The Morgan fingerprint density at radius 3 is 2.94 bits per heavy atom. The molecule has 1 N–H and O–H groups in total. The summed E-state index contributed by atoms with van der Waals surface area (Å²) in [6.07, 6.45) is 1.20. The first-order valence-corrected chi connectivity index (χ1v) is 6.01. The number of hydrogen-bond donors (Lipinski definition) is 1. The van der Waals surface area contributed by atoms with E-state index in [0.717, 1.165) is 6.42 Å². The summed E-state index contributed by atoms with van der Waals surface area (Å²) < 4.78 is 0. The number of amides is 1. The number of carbonyl (C=O) groups is 1. The van der Waals surface area contributed by atoms with Gasteiger partial charge in [-0.3, -0.25) is 4.79 Å². The number of hydrogen-bond acceptors (Lipinski definition) is 3. The van der Waals surface area contributed by atoms with Crippen LogP contribution in [-0.4, -0.2) is 41.7 Å². The van der Waals surface area contributed by atoms with Crippen molar-refractivity contribution in [3.63, 3.8) is 0 Å². The highest BCUT2D eigenvalue weighted by Crippen LogP contribution is 2.23.